The highest BCUT2D eigenvalue weighted by Gasteiger charge is 2.37. The van der Waals surface area contributed by atoms with E-state index in [-0.39, 0.29) is 24.3 Å². The second kappa shape index (κ2) is 19.1. The first kappa shape index (κ1) is 34.0. The van der Waals surface area contributed by atoms with Crippen LogP contribution in [0.2, 0.25) is 0 Å². The number of unbranched alkanes of at least 4 members (excludes halogenated alkanes) is 7. The SMILES string of the molecule is CCCCOC(CNCc1ccc(S(=O)(=O)O)cc1)(OCCCC)OC(=O)CCCCCCCCC(=O)O. The fraction of sp³-hybridized carbons (Fsp3) is 0.704. The molecule has 0 aliphatic heterocycles. The number of carbonyl (C=O) groups is 2. The van der Waals surface area contributed by atoms with Gasteiger partial charge in [-0.05, 0) is 43.4 Å². The third kappa shape index (κ3) is 15.4. The fourth-order valence-corrected chi connectivity index (χ4v) is 4.08. The molecule has 0 heterocycles. The molecule has 1 aromatic carbocycles. The minimum absolute atomic E-state index is 0.0792. The van der Waals surface area contributed by atoms with Crippen LogP contribution in [-0.2, 0) is 40.5 Å². The monoisotopic (exact) mass is 559 g/mol. The van der Waals surface area contributed by atoms with Gasteiger partial charge in [0.2, 0.25) is 0 Å². The van der Waals surface area contributed by atoms with Crippen LogP contribution in [0.4, 0.5) is 0 Å². The Labute approximate surface area is 227 Å². The Hall–Kier alpha value is -2.05. The molecule has 0 saturated carbocycles. The summed E-state index contributed by atoms with van der Waals surface area (Å²) in [6.45, 7) is 5.20. The van der Waals surface area contributed by atoms with Gasteiger partial charge in [-0.25, -0.2) is 0 Å². The van der Waals surface area contributed by atoms with Gasteiger partial charge >= 0.3 is 17.9 Å². The lowest BCUT2D eigenvalue weighted by molar-refractivity contribution is -0.359. The summed E-state index contributed by atoms with van der Waals surface area (Å²) in [6.07, 6.45) is 8.66. The molecule has 0 fully saturated rings. The van der Waals surface area contributed by atoms with Crippen molar-refractivity contribution in [3.63, 3.8) is 0 Å². The molecule has 0 atom stereocenters. The molecule has 0 saturated heterocycles. The first-order chi connectivity index (χ1) is 18.1. The molecule has 1 rings (SSSR count). The van der Waals surface area contributed by atoms with Crippen LogP contribution in [0.3, 0.4) is 0 Å². The first-order valence-electron chi connectivity index (χ1n) is 13.6. The number of rotatable bonds is 23. The molecule has 38 heavy (non-hydrogen) atoms. The predicted octanol–water partition coefficient (Wildman–Crippen LogP) is 5.06. The Balaban J connectivity index is 2.70. The van der Waals surface area contributed by atoms with E-state index in [1.54, 1.807) is 12.1 Å². The zero-order valence-electron chi connectivity index (χ0n) is 22.8. The summed E-state index contributed by atoms with van der Waals surface area (Å²) in [5.41, 5.74) is 0.767. The lowest BCUT2D eigenvalue weighted by atomic mass is 10.1. The number of carboxylic acids is 1. The number of carboxylic acid groups (broad SMARTS) is 1. The van der Waals surface area contributed by atoms with Gasteiger partial charge in [-0.1, -0.05) is 64.5 Å². The van der Waals surface area contributed by atoms with Gasteiger partial charge in [-0.15, -0.1) is 0 Å². The minimum Gasteiger partial charge on any atom is -0.481 e. The normalized spacial score (nSPS) is 12.0. The number of benzene rings is 1. The van der Waals surface area contributed by atoms with Crippen LogP contribution < -0.4 is 5.32 Å². The largest absolute Gasteiger partial charge is 0.481 e. The fourth-order valence-electron chi connectivity index (χ4n) is 3.60. The molecule has 0 bridgehead atoms. The van der Waals surface area contributed by atoms with Gasteiger partial charge in [-0.3, -0.25) is 14.1 Å². The van der Waals surface area contributed by atoms with Crippen LogP contribution in [-0.4, -0.2) is 55.7 Å². The van der Waals surface area contributed by atoms with Crippen LogP contribution in [0.5, 0.6) is 0 Å². The number of ether oxygens (including phenoxy) is 3. The zero-order valence-corrected chi connectivity index (χ0v) is 23.6. The molecule has 0 amide bonds. The standard InChI is InChI=1S/C27H45NO9S/c1-3-5-19-35-27(36-20-6-4-2,22-28-21-23-15-17-24(18-16-23)38(32,33)34)37-26(31)14-12-10-8-7-9-11-13-25(29)30/h15-18,28H,3-14,19-22H2,1-2H3,(H,29,30)(H,32,33,34). The summed E-state index contributed by atoms with van der Waals surface area (Å²) in [7, 11) is -4.26. The number of aliphatic carboxylic acids is 1. The van der Waals surface area contributed by atoms with E-state index in [1.165, 1.54) is 12.1 Å². The third-order valence-corrected chi connectivity index (χ3v) is 6.69. The van der Waals surface area contributed by atoms with Crippen LogP contribution in [0.15, 0.2) is 29.2 Å². The average Bonchev–Trinajstić information content (AvgIpc) is 2.85. The van der Waals surface area contributed by atoms with E-state index in [9.17, 15) is 18.0 Å². The maximum atomic E-state index is 12.7. The number of esters is 1. The smallest absolute Gasteiger partial charge is 0.342 e. The maximum Gasteiger partial charge on any atom is 0.342 e. The summed E-state index contributed by atoms with van der Waals surface area (Å²) in [6, 6.07) is 5.81. The summed E-state index contributed by atoms with van der Waals surface area (Å²) in [5, 5.41) is 11.9. The molecule has 1 aromatic rings. The Morgan fingerprint density at radius 2 is 1.37 bits per heavy atom. The van der Waals surface area contributed by atoms with E-state index in [0.29, 0.717) is 32.6 Å². The minimum atomic E-state index is -4.26. The highest BCUT2D eigenvalue weighted by Crippen LogP contribution is 2.20. The lowest BCUT2D eigenvalue weighted by Gasteiger charge is -2.33. The van der Waals surface area contributed by atoms with Gasteiger partial charge in [0.1, 0.15) is 0 Å². The van der Waals surface area contributed by atoms with Gasteiger partial charge < -0.3 is 24.6 Å². The molecule has 0 aliphatic carbocycles. The van der Waals surface area contributed by atoms with Crippen molar-refractivity contribution in [1.29, 1.82) is 0 Å². The molecule has 0 radical (unpaired) electrons. The predicted molar refractivity (Wildman–Crippen MR) is 143 cm³/mol. The van der Waals surface area contributed by atoms with E-state index in [0.717, 1.165) is 56.9 Å². The Bertz CT molecular complexity index is 894. The summed E-state index contributed by atoms with van der Waals surface area (Å²) >= 11 is 0. The topological polar surface area (TPSA) is 148 Å². The van der Waals surface area contributed by atoms with Gasteiger partial charge in [0, 0.05) is 19.4 Å². The molecule has 0 spiro atoms. The van der Waals surface area contributed by atoms with E-state index < -0.39 is 28.0 Å². The number of hydrogen-bond acceptors (Lipinski definition) is 8. The zero-order chi connectivity index (χ0) is 28.3. The lowest BCUT2D eigenvalue weighted by Crippen LogP contribution is -2.49. The summed E-state index contributed by atoms with van der Waals surface area (Å²) < 4.78 is 49.4. The van der Waals surface area contributed by atoms with Gasteiger partial charge in [0.25, 0.3) is 10.1 Å². The molecule has 3 N–H and O–H groups in total. The van der Waals surface area contributed by atoms with Crippen LogP contribution in [0.25, 0.3) is 0 Å². The Kier molecular flexibility index (Phi) is 17.1. The van der Waals surface area contributed by atoms with Gasteiger partial charge in [0.05, 0.1) is 24.7 Å². The van der Waals surface area contributed by atoms with Gasteiger partial charge in [0.15, 0.2) is 0 Å². The second-order valence-electron chi connectivity index (χ2n) is 9.30. The highest BCUT2D eigenvalue weighted by molar-refractivity contribution is 7.85. The van der Waals surface area contributed by atoms with E-state index in [2.05, 4.69) is 5.32 Å². The van der Waals surface area contributed by atoms with Crippen molar-refractivity contribution in [3.05, 3.63) is 29.8 Å². The van der Waals surface area contributed by atoms with Crippen molar-refractivity contribution in [3.8, 4) is 0 Å². The quantitative estimate of drug-likeness (QED) is 0.0719. The molecule has 11 heteroatoms. The Morgan fingerprint density at radius 1 is 0.842 bits per heavy atom. The van der Waals surface area contributed by atoms with Crippen molar-refractivity contribution in [2.45, 2.75) is 108 Å². The molecule has 218 valence electrons. The molecular formula is C27H45NO9S. The van der Waals surface area contributed by atoms with E-state index >= 15 is 0 Å². The summed E-state index contributed by atoms with van der Waals surface area (Å²) in [4.78, 5) is 23.1. The van der Waals surface area contributed by atoms with Crippen molar-refractivity contribution in [2.75, 3.05) is 19.8 Å². The Morgan fingerprint density at radius 3 is 1.87 bits per heavy atom. The molecule has 0 aromatic heterocycles. The third-order valence-electron chi connectivity index (χ3n) is 5.82. The number of carbonyl (C=O) groups excluding carboxylic acids is 1. The highest BCUT2D eigenvalue weighted by atomic mass is 32.2. The van der Waals surface area contributed by atoms with Crippen LogP contribution >= 0.6 is 0 Å². The van der Waals surface area contributed by atoms with Crippen LogP contribution in [0, 0.1) is 0 Å². The molecule has 0 unspecified atom stereocenters. The van der Waals surface area contributed by atoms with Crippen molar-refractivity contribution >= 4 is 22.1 Å². The second-order valence-corrected chi connectivity index (χ2v) is 10.7. The molecule has 10 nitrogen and oxygen atoms in total. The summed E-state index contributed by atoms with van der Waals surface area (Å²) in [5.74, 6) is -2.77. The first-order valence-corrected chi connectivity index (χ1v) is 15.0. The van der Waals surface area contributed by atoms with Crippen molar-refractivity contribution in [1.82, 2.24) is 5.32 Å². The van der Waals surface area contributed by atoms with Crippen molar-refractivity contribution in [2.24, 2.45) is 0 Å². The maximum absolute atomic E-state index is 12.7. The van der Waals surface area contributed by atoms with E-state index in [1.807, 2.05) is 13.8 Å². The van der Waals surface area contributed by atoms with Crippen molar-refractivity contribution < 1.29 is 41.9 Å². The number of nitrogens with one attached hydrogen (secondary N) is 1. The number of hydrogen-bond donors (Lipinski definition) is 3. The van der Waals surface area contributed by atoms with Crippen LogP contribution in [0.1, 0.15) is 96.5 Å². The van der Waals surface area contributed by atoms with Gasteiger partial charge in [-0.2, -0.15) is 8.42 Å². The molecular weight excluding hydrogens is 514 g/mol. The average molecular weight is 560 g/mol. The van der Waals surface area contributed by atoms with E-state index in [4.69, 9.17) is 23.9 Å². The molecule has 0 aliphatic rings.